The number of ether oxygens (including phenoxy) is 2. The lowest BCUT2D eigenvalue weighted by atomic mass is 9.69. The van der Waals surface area contributed by atoms with Crippen molar-refractivity contribution in [1.29, 1.82) is 0 Å². The standard InChI is InChI=1S/C17H25F2NO2/c1-16(18,19)13-9-12(10-14(21-2)15(13)22-3)17(11-20)7-5-4-6-8-17/h9-10H,4-8,11,20H2,1-3H3. The van der Waals surface area contributed by atoms with Gasteiger partial charge in [0, 0.05) is 18.9 Å². The normalized spacial score (nSPS) is 18.1. The highest BCUT2D eigenvalue weighted by atomic mass is 19.3. The topological polar surface area (TPSA) is 44.5 Å². The van der Waals surface area contributed by atoms with Gasteiger partial charge in [0.15, 0.2) is 11.5 Å². The van der Waals surface area contributed by atoms with Crippen molar-refractivity contribution in [2.75, 3.05) is 20.8 Å². The van der Waals surface area contributed by atoms with Crippen LogP contribution < -0.4 is 15.2 Å². The summed E-state index contributed by atoms with van der Waals surface area (Å²) < 4.78 is 38.5. The Morgan fingerprint density at radius 3 is 2.23 bits per heavy atom. The van der Waals surface area contributed by atoms with E-state index in [9.17, 15) is 8.78 Å². The molecule has 0 saturated heterocycles. The van der Waals surface area contributed by atoms with Gasteiger partial charge in [-0.05, 0) is 30.5 Å². The van der Waals surface area contributed by atoms with Crippen LogP contribution in [-0.4, -0.2) is 20.8 Å². The zero-order valence-electron chi connectivity index (χ0n) is 13.5. The second kappa shape index (κ2) is 6.41. The van der Waals surface area contributed by atoms with Gasteiger partial charge in [-0.3, -0.25) is 0 Å². The first-order valence-corrected chi connectivity index (χ1v) is 7.73. The number of methoxy groups -OCH3 is 2. The molecule has 0 spiro atoms. The lowest BCUT2D eigenvalue weighted by molar-refractivity contribution is 0.0145. The molecule has 1 aliphatic rings. The Balaban J connectivity index is 2.61. The number of hydrogen-bond donors (Lipinski definition) is 1. The van der Waals surface area contributed by atoms with Crippen molar-refractivity contribution in [3.05, 3.63) is 23.3 Å². The second-order valence-corrected chi connectivity index (χ2v) is 6.19. The first-order chi connectivity index (χ1) is 10.4. The van der Waals surface area contributed by atoms with Gasteiger partial charge in [-0.1, -0.05) is 19.3 Å². The highest BCUT2D eigenvalue weighted by Crippen LogP contribution is 2.46. The molecule has 1 aliphatic carbocycles. The minimum Gasteiger partial charge on any atom is -0.493 e. The van der Waals surface area contributed by atoms with Gasteiger partial charge in [-0.25, -0.2) is 8.78 Å². The number of alkyl halides is 2. The molecular weight excluding hydrogens is 288 g/mol. The first-order valence-electron chi connectivity index (χ1n) is 7.73. The molecule has 0 aliphatic heterocycles. The summed E-state index contributed by atoms with van der Waals surface area (Å²) in [4.78, 5) is 0. The van der Waals surface area contributed by atoms with E-state index >= 15 is 0 Å². The summed E-state index contributed by atoms with van der Waals surface area (Å²) in [6, 6.07) is 3.37. The van der Waals surface area contributed by atoms with Crippen LogP contribution >= 0.6 is 0 Å². The van der Waals surface area contributed by atoms with E-state index in [0.717, 1.165) is 38.2 Å². The third-order valence-electron chi connectivity index (χ3n) is 4.77. The first kappa shape index (κ1) is 17.0. The Bertz CT molecular complexity index is 520. The molecule has 0 aromatic heterocycles. The molecule has 3 nitrogen and oxygen atoms in total. The van der Waals surface area contributed by atoms with Crippen LogP contribution in [0.2, 0.25) is 0 Å². The van der Waals surface area contributed by atoms with Crippen LogP contribution in [-0.2, 0) is 11.3 Å². The van der Waals surface area contributed by atoms with E-state index in [1.165, 1.54) is 20.6 Å². The molecule has 22 heavy (non-hydrogen) atoms. The highest BCUT2D eigenvalue weighted by Gasteiger charge is 2.37. The zero-order chi connectivity index (χ0) is 16.4. The average Bonchev–Trinajstić information content (AvgIpc) is 2.53. The largest absolute Gasteiger partial charge is 0.493 e. The molecule has 1 aromatic carbocycles. The van der Waals surface area contributed by atoms with Crippen molar-refractivity contribution < 1.29 is 18.3 Å². The average molecular weight is 313 g/mol. The van der Waals surface area contributed by atoms with E-state index in [4.69, 9.17) is 15.2 Å². The van der Waals surface area contributed by atoms with Crippen LogP contribution in [0.3, 0.4) is 0 Å². The number of rotatable bonds is 5. The van der Waals surface area contributed by atoms with E-state index in [-0.39, 0.29) is 16.7 Å². The van der Waals surface area contributed by atoms with E-state index in [0.29, 0.717) is 12.3 Å². The van der Waals surface area contributed by atoms with Gasteiger partial charge >= 0.3 is 0 Å². The summed E-state index contributed by atoms with van der Waals surface area (Å²) >= 11 is 0. The Morgan fingerprint density at radius 2 is 1.77 bits per heavy atom. The van der Waals surface area contributed by atoms with Crippen LogP contribution in [0.25, 0.3) is 0 Å². The molecule has 1 aromatic rings. The molecule has 124 valence electrons. The lowest BCUT2D eigenvalue weighted by Gasteiger charge is -2.37. The maximum atomic E-state index is 14.0. The summed E-state index contributed by atoms with van der Waals surface area (Å²) in [6.07, 6.45) is 5.17. The number of nitrogens with two attached hydrogens (primary N) is 1. The van der Waals surface area contributed by atoms with E-state index in [1.54, 1.807) is 6.07 Å². The molecular formula is C17H25F2NO2. The summed E-state index contributed by atoms with van der Waals surface area (Å²) in [5, 5.41) is 0. The van der Waals surface area contributed by atoms with Crippen LogP contribution in [0.1, 0.15) is 50.2 Å². The molecule has 1 fully saturated rings. The smallest absolute Gasteiger partial charge is 0.274 e. The van der Waals surface area contributed by atoms with Crippen LogP contribution in [0, 0.1) is 0 Å². The van der Waals surface area contributed by atoms with E-state index in [1.807, 2.05) is 6.07 Å². The molecule has 0 bridgehead atoms. The summed E-state index contributed by atoms with van der Waals surface area (Å²) in [5.74, 6) is -2.56. The van der Waals surface area contributed by atoms with Crippen molar-refractivity contribution in [1.82, 2.24) is 0 Å². The zero-order valence-corrected chi connectivity index (χ0v) is 13.5. The third-order valence-corrected chi connectivity index (χ3v) is 4.77. The van der Waals surface area contributed by atoms with Gasteiger partial charge in [0.1, 0.15) is 0 Å². The fraction of sp³-hybridized carbons (Fsp3) is 0.647. The fourth-order valence-corrected chi connectivity index (χ4v) is 3.44. The third kappa shape index (κ3) is 3.05. The van der Waals surface area contributed by atoms with Crippen molar-refractivity contribution in [2.45, 2.75) is 50.4 Å². The van der Waals surface area contributed by atoms with Gasteiger partial charge in [0.25, 0.3) is 5.92 Å². The number of benzene rings is 1. The molecule has 0 atom stereocenters. The van der Waals surface area contributed by atoms with Gasteiger partial charge in [0.2, 0.25) is 0 Å². The molecule has 1 saturated carbocycles. The Kier molecular flexibility index (Phi) is 4.95. The predicted octanol–water partition coefficient (Wildman–Crippen LogP) is 3.98. The number of hydrogen-bond acceptors (Lipinski definition) is 3. The maximum Gasteiger partial charge on any atom is 0.274 e. The quantitative estimate of drug-likeness (QED) is 0.894. The Hall–Kier alpha value is -1.36. The van der Waals surface area contributed by atoms with Crippen molar-refractivity contribution in [2.24, 2.45) is 5.73 Å². The predicted molar refractivity (Wildman–Crippen MR) is 82.9 cm³/mol. The van der Waals surface area contributed by atoms with Crippen LogP contribution in [0.4, 0.5) is 8.78 Å². The van der Waals surface area contributed by atoms with Gasteiger partial charge in [-0.15, -0.1) is 0 Å². The molecule has 2 rings (SSSR count). The van der Waals surface area contributed by atoms with E-state index < -0.39 is 5.92 Å². The molecule has 0 heterocycles. The molecule has 0 amide bonds. The van der Waals surface area contributed by atoms with Crippen molar-refractivity contribution >= 4 is 0 Å². The molecule has 0 radical (unpaired) electrons. The number of halogens is 2. The Labute approximate surface area is 130 Å². The Morgan fingerprint density at radius 1 is 1.14 bits per heavy atom. The maximum absolute atomic E-state index is 14.0. The molecule has 5 heteroatoms. The molecule has 0 unspecified atom stereocenters. The highest BCUT2D eigenvalue weighted by molar-refractivity contribution is 5.53. The minimum atomic E-state index is -3.00. The monoisotopic (exact) mass is 313 g/mol. The SMILES string of the molecule is COc1cc(C2(CN)CCCCC2)cc(C(C)(F)F)c1OC. The van der Waals surface area contributed by atoms with Crippen LogP contribution in [0.5, 0.6) is 11.5 Å². The molecule has 2 N–H and O–H groups in total. The van der Waals surface area contributed by atoms with E-state index in [2.05, 4.69) is 0 Å². The lowest BCUT2D eigenvalue weighted by Crippen LogP contribution is -2.37. The second-order valence-electron chi connectivity index (χ2n) is 6.19. The van der Waals surface area contributed by atoms with Gasteiger partial charge in [-0.2, -0.15) is 0 Å². The van der Waals surface area contributed by atoms with Crippen molar-refractivity contribution in [3.63, 3.8) is 0 Å². The van der Waals surface area contributed by atoms with Crippen molar-refractivity contribution in [3.8, 4) is 11.5 Å². The summed E-state index contributed by atoms with van der Waals surface area (Å²) in [5.41, 5.74) is 6.49. The summed E-state index contributed by atoms with van der Waals surface area (Å²) in [6.45, 7) is 1.33. The minimum absolute atomic E-state index is 0.0988. The fourth-order valence-electron chi connectivity index (χ4n) is 3.44. The summed E-state index contributed by atoms with van der Waals surface area (Å²) in [7, 11) is 2.85. The van der Waals surface area contributed by atoms with Gasteiger partial charge < -0.3 is 15.2 Å². The van der Waals surface area contributed by atoms with Crippen LogP contribution in [0.15, 0.2) is 12.1 Å². The van der Waals surface area contributed by atoms with Gasteiger partial charge in [0.05, 0.1) is 19.8 Å².